The van der Waals surface area contributed by atoms with Crippen molar-refractivity contribution in [2.75, 3.05) is 26.3 Å². The summed E-state index contributed by atoms with van der Waals surface area (Å²) in [6.45, 7) is 7.83. The molecule has 2 atom stereocenters. The molecule has 0 bridgehead atoms. The number of rotatable bonds is 4. The second kappa shape index (κ2) is 7.25. The molecule has 2 saturated heterocycles. The van der Waals surface area contributed by atoms with Gasteiger partial charge in [-0.05, 0) is 51.9 Å². The second-order valence-corrected chi connectivity index (χ2v) is 6.01. The Kier molecular flexibility index (Phi) is 5.64. The van der Waals surface area contributed by atoms with Gasteiger partial charge in [0.25, 0.3) is 0 Å². The largest absolute Gasteiger partial charge is 0.381 e. The number of ether oxygens (including phenoxy) is 1. The van der Waals surface area contributed by atoms with Gasteiger partial charge in [-0.25, -0.2) is 0 Å². The minimum Gasteiger partial charge on any atom is -0.381 e. The Hall–Kier alpha value is -0.610. The molecular formula is C15H28N2O2. The highest BCUT2D eigenvalue weighted by molar-refractivity contribution is 5.81. The fraction of sp³-hybridized carbons (Fsp3) is 0.933. The van der Waals surface area contributed by atoms with Gasteiger partial charge >= 0.3 is 0 Å². The molecule has 0 aromatic rings. The monoisotopic (exact) mass is 268 g/mol. The minimum absolute atomic E-state index is 0.0593. The smallest absolute Gasteiger partial charge is 0.239 e. The molecule has 2 aliphatic heterocycles. The third kappa shape index (κ3) is 4.18. The number of nitrogens with one attached hydrogen (secondary N) is 1. The molecule has 1 N–H and O–H groups in total. The molecule has 4 heteroatoms. The zero-order chi connectivity index (χ0) is 13.7. The Labute approximate surface area is 116 Å². The van der Waals surface area contributed by atoms with E-state index in [4.69, 9.17) is 4.74 Å². The molecule has 4 nitrogen and oxygen atoms in total. The lowest BCUT2D eigenvalue weighted by Crippen LogP contribution is -2.51. The molecule has 110 valence electrons. The highest BCUT2D eigenvalue weighted by atomic mass is 16.5. The molecular weight excluding hydrogens is 240 g/mol. The molecule has 2 heterocycles. The Morgan fingerprint density at radius 3 is 2.42 bits per heavy atom. The molecule has 2 rings (SSSR count). The predicted octanol–water partition coefficient (Wildman–Crippen LogP) is 1.79. The zero-order valence-electron chi connectivity index (χ0n) is 12.4. The summed E-state index contributed by atoms with van der Waals surface area (Å²) in [5.74, 6) is 0.920. The van der Waals surface area contributed by atoms with Crippen LogP contribution in [0.2, 0.25) is 0 Å². The number of amides is 1. The molecule has 2 aliphatic rings. The average Bonchev–Trinajstić information content (AvgIpc) is 2.48. The second-order valence-electron chi connectivity index (χ2n) is 6.01. The van der Waals surface area contributed by atoms with Crippen LogP contribution in [0.5, 0.6) is 0 Å². The fourth-order valence-electron chi connectivity index (χ4n) is 3.21. The van der Waals surface area contributed by atoms with Gasteiger partial charge in [0.15, 0.2) is 0 Å². The van der Waals surface area contributed by atoms with E-state index in [1.54, 1.807) is 0 Å². The normalized spacial score (nSPS) is 25.1. The predicted molar refractivity (Wildman–Crippen MR) is 76.0 cm³/mol. The van der Waals surface area contributed by atoms with Crippen LogP contribution in [0.4, 0.5) is 0 Å². The molecule has 0 aromatic heterocycles. The molecule has 0 radical (unpaired) electrons. The van der Waals surface area contributed by atoms with E-state index in [1.165, 1.54) is 6.42 Å². The fourth-order valence-corrected chi connectivity index (χ4v) is 3.21. The van der Waals surface area contributed by atoms with Crippen LogP contribution < -0.4 is 5.32 Å². The lowest BCUT2D eigenvalue weighted by molar-refractivity contribution is -0.134. The molecule has 0 aliphatic carbocycles. The number of nitrogens with zero attached hydrogens (tertiary/aromatic N) is 1. The summed E-state index contributed by atoms with van der Waals surface area (Å²) in [4.78, 5) is 14.4. The number of likely N-dealkylation sites (tertiary alicyclic amines) is 1. The van der Waals surface area contributed by atoms with Crippen molar-refractivity contribution >= 4 is 5.91 Å². The van der Waals surface area contributed by atoms with Crippen LogP contribution in [0.1, 0.15) is 46.0 Å². The van der Waals surface area contributed by atoms with Gasteiger partial charge in [0.05, 0.1) is 6.04 Å². The first-order valence-electron chi connectivity index (χ1n) is 7.81. The maximum Gasteiger partial charge on any atom is 0.239 e. The van der Waals surface area contributed by atoms with Crippen LogP contribution in [-0.4, -0.2) is 49.2 Å². The van der Waals surface area contributed by atoms with E-state index in [2.05, 4.69) is 12.2 Å². The van der Waals surface area contributed by atoms with Crippen LogP contribution in [0.15, 0.2) is 0 Å². The summed E-state index contributed by atoms with van der Waals surface area (Å²) in [6.07, 6.45) is 5.81. The Balaban J connectivity index is 1.78. The third-order valence-corrected chi connectivity index (χ3v) is 4.52. The number of carbonyl (C=O) groups is 1. The van der Waals surface area contributed by atoms with Gasteiger partial charge < -0.3 is 15.0 Å². The van der Waals surface area contributed by atoms with Gasteiger partial charge in [0, 0.05) is 32.3 Å². The van der Waals surface area contributed by atoms with Crippen molar-refractivity contribution in [3.63, 3.8) is 0 Å². The first-order valence-corrected chi connectivity index (χ1v) is 7.81. The lowest BCUT2D eigenvalue weighted by atomic mass is 9.92. The molecule has 1 amide bonds. The van der Waals surface area contributed by atoms with Crippen LogP contribution in [0.25, 0.3) is 0 Å². The summed E-state index contributed by atoms with van der Waals surface area (Å²) in [7, 11) is 0. The van der Waals surface area contributed by atoms with Crippen molar-refractivity contribution in [1.82, 2.24) is 10.2 Å². The van der Waals surface area contributed by atoms with Crippen molar-refractivity contribution < 1.29 is 9.53 Å². The summed E-state index contributed by atoms with van der Waals surface area (Å²) in [6, 6.07) is 0.337. The van der Waals surface area contributed by atoms with Gasteiger partial charge in [-0.1, -0.05) is 0 Å². The van der Waals surface area contributed by atoms with Crippen LogP contribution in [0, 0.1) is 5.92 Å². The summed E-state index contributed by atoms with van der Waals surface area (Å²) >= 11 is 0. The van der Waals surface area contributed by atoms with E-state index < -0.39 is 0 Å². The molecule has 0 aromatic carbocycles. The Bertz CT molecular complexity index is 284. The van der Waals surface area contributed by atoms with Crippen molar-refractivity contribution in [3.05, 3.63) is 0 Å². The summed E-state index contributed by atoms with van der Waals surface area (Å²) < 4.78 is 5.39. The first-order chi connectivity index (χ1) is 9.18. The van der Waals surface area contributed by atoms with Crippen molar-refractivity contribution in [1.29, 1.82) is 0 Å². The Morgan fingerprint density at radius 2 is 1.79 bits per heavy atom. The topological polar surface area (TPSA) is 41.6 Å². The zero-order valence-corrected chi connectivity index (χ0v) is 12.4. The van der Waals surface area contributed by atoms with Crippen LogP contribution in [0.3, 0.4) is 0 Å². The van der Waals surface area contributed by atoms with Gasteiger partial charge in [0.1, 0.15) is 0 Å². The van der Waals surface area contributed by atoms with E-state index in [0.29, 0.717) is 12.0 Å². The van der Waals surface area contributed by atoms with Crippen molar-refractivity contribution in [2.45, 2.75) is 58.0 Å². The number of hydrogen-bond donors (Lipinski definition) is 1. The van der Waals surface area contributed by atoms with E-state index in [1.807, 2.05) is 11.8 Å². The van der Waals surface area contributed by atoms with Crippen LogP contribution >= 0.6 is 0 Å². The highest BCUT2D eigenvalue weighted by Crippen LogP contribution is 2.19. The molecule has 0 saturated carbocycles. The number of piperidine rings is 1. The maximum absolute atomic E-state index is 12.4. The van der Waals surface area contributed by atoms with Crippen molar-refractivity contribution in [3.8, 4) is 0 Å². The standard InChI is InChI=1S/C15H28N2O2/c1-12(14-6-10-19-11-7-14)16-13(2)15(18)17-8-4-3-5-9-17/h12-14,16H,3-11H2,1-2H3. The van der Waals surface area contributed by atoms with Gasteiger partial charge in [-0.2, -0.15) is 0 Å². The number of hydrogen-bond acceptors (Lipinski definition) is 3. The van der Waals surface area contributed by atoms with Gasteiger partial charge in [-0.15, -0.1) is 0 Å². The third-order valence-electron chi connectivity index (χ3n) is 4.52. The van der Waals surface area contributed by atoms with E-state index >= 15 is 0 Å². The van der Waals surface area contributed by atoms with Gasteiger partial charge in [0.2, 0.25) is 5.91 Å². The summed E-state index contributed by atoms with van der Waals surface area (Å²) in [5.41, 5.74) is 0. The summed E-state index contributed by atoms with van der Waals surface area (Å²) in [5, 5.41) is 3.50. The molecule has 19 heavy (non-hydrogen) atoms. The molecule has 2 fully saturated rings. The van der Waals surface area contributed by atoms with Crippen LogP contribution in [-0.2, 0) is 9.53 Å². The van der Waals surface area contributed by atoms with E-state index in [0.717, 1.165) is 52.0 Å². The number of carbonyl (C=O) groups excluding carboxylic acids is 1. The quantitative estimate of drug-likeness (QED) is 0.845. The average molecular weight is 268 g/mol. The maximum atomic E-state index is 12.4. The minimum atomic E-state index is -0.0593. The highest BCUT2D eigenvalue weighted by Gasteiger charge is 2.26. The van der Waals surface area contributed by atoms with Gasteiger partial charge in [-0.3, -0.25) is 4.79 Å². The van der Waals surface area contributed by atoms with E-state index in [9.17, 15) is 4.79 Å². The van der Waals surface area contributed by atoms with E-state index in [-0.39, 0.29) is 11.9 Å². The first kappa shape index (κ1) is 14.8. The molecule has 0 spiro atoms. The molecule has 2 unspecified atom stereocenters. The lowest BCUT2D eigenvalue weighted by Gasteiger charge is -2.33. The SMILES string of the molecule is CC(NC(C)C1CCOCC1)C(=O)N1CCCCC1. The Morgan fingerprint density at radius 1 is 1.16 bits per heavy atom. The van der Waals surface area contributed by atoms with Crippen molar-refractivity contribution in [2.24, 2.45) is 5.92 Å².